The standard InChI is InChI=1S/C16H25NO3/c1-17-12-14-5-7-15(8-6-14)20-11-10-18-13-16-4-2-3-9-19-16/h5-8,16-17H,2-4,9-13H2,1H3. The maximum absolute atomic E-state index is 5.64. The fourth-order valence-corrected chi connectivity index (χ4v) is 2.28. The van der Waals surface area contributed by atoms with Crippen molar-refractivity contribution in [1.29, 1.82) is 0 Å². The maximum atomic E-state index is 5.64. The molecule has 1 atom stereocenters. The van der Waals surface area contributed by atoms with Crippen molar-refractivity contribution < 1.29 is 14.2 Å². The molecule has 1 aromatic rings. The van der Waals surface area contributed by atoms with E-state index in [1.165, 1.54) is 18.4 Å². The first-order valence-corrected chi connectivity index (χ1v) is 7.44. The van der Waals surface area contributed by atoms with Gasteiger partial charge < -0.3 is 19.5 Å². The van der Waals surface area contributed by atoms with E-state index in [2.05, 4.69) is 17.4 Å². The Morgan fingerprint density at radius 3 is 2.75 bits per heavy atom. The molecular formula is C16H25NO3. The second kappa shape index (κ2) is 8.95. The molecule has 0 radical (unpaired) electrons. The molecule has 4 heteroatoms. The van der Waals surface area contributed by atoms with E-state index >= 15 is 0 Å². The largest absolute Gasteiger partial charge is 0.491 e. The molecule has 0 amide bonds. The molecule has 1 unspecified atom stereocenters. The van der Waals surface area contributed by atoms with Crippen molar-refractivity contribution >= 4 is 0 Å². The highest BCUT2D eigenvalue weighted by atomic mass is 16.5. The molecule has 112 valence electrons. The minimum absolute atomic E-state index is 0.282. The minimum atomic E-state index is 0.282. The Labute approximate surface area is 121 Å². The zero-order chi connectivity index (χ0) is 14.0. The Morgan fingerprint density at radius 2 is 2.05 bits per heavy atom. The lowest BCUT2D eigenvalue weighted by molar-refractivity contribution is -0.0444. The summed E-state index contributed by atoms with van der Waals surface area (Å²) in [6.07, 6.45) is 3.84. The van der Waals surface area contributed by atoms with Gasteiger partial charge >= 0.3 is 0 Å². The van der Waals surface area contributed by atoms with Gasteiger partial charge in [-0.05, 0) is 44.0 Å². The van der Waals surface area contributed by atoms with E-state index in [1.54, 1.807) is 0 Å². The summed E-state index contributed by atoms with van der Waals surface area (Å²) in [4.78, 5) is 0. The van der Waals surface area contributed by atoms with E-state index in [0.29, 0.717) is 19.8 Å². The molecule has 0 bridgehead atoms. The molecule has 1 saturated heterocycles. The van der Waals surface area contributed by atoms with Crippen molar-refractivity contribution in [3.05, 3.63) is 29.8 Å². The van der Waals surface area contributed by atoms with Crippen LogP contribution in [0.2, 0.25) is 0 Å². The zero-order valence-electron chi connectivity index (χ0n) is 12.3. The maximum Gasteiger partial charge on any atom is 0.119 e. The van der Waals surface area contributed by atoms with Crippen LogP contribution in [0.4, 0.5) is 0 Å². The monoisotopic (exact) mass is 279 g/mol. The molecule has 0 spiro atoms. The smallest absolute Gasteiger partial charge is 0.119 e. The molecule has 1 heterocycles. The number of nitrogens with one attached hydrogen (secondary N) is 1. The molecule has 2 rings (SSSR count). The molecular weight excluding hydrogens is 254 g/mol. The van der Waals surface area contributed by atoms with E-state index in [1.807, 2.05) is 19.2 Å². The van der Waals surface area contributed by atoms with E-state index in [-0.39, 0.29) is 6.10 Å². The van der Waals surface area contributed by atoms with Crippen LogP contribution in [0.1, 0.15) is 24.8 Å². The fourth-order valence-electron chi connectivity index (χ4n) is 2.28. The molecule has 1 aliphatic rings. The lowest BCUT2D eigenvalue weighted by Gasteiger charge is -2.22. The fraction of sp³-hybridized carbons (Fsp3) is 0.625. The van der Waals surface area contributed by atoms with Gasteiger partial charge in [0.2, 0.25) is 0 Å². The number of hydrogen-bond donors (Lipinski definition) is 1. The molecule has 4 nitrogen and oxygen atoms in total. The van der Waals surface area contributed by atoms with Crippen molar-refractivity contribution in [3.63, 3.8) is 0 Å². The van der Waals surface area contributed by atoms with Crippen molar-refractivity contribution in [2.75, 3.05) is 33.5 Å². The third kappa shape index (κ3) is 5.49. The van der Waals surface area contributed by atoms with Crippen LogP contribution >= 0.6 is 0 Å². The first-order chi connectivity index (χ1) is 9.88. The van der Waals surface area contributed by atoms with E-state index in [0.717, 1.165) is 25.3 Å². The van der Waals surface area contributed by atoms with Crippen LogP contribution < -0.4 is 10.1 Å². The topological polar surface area (TPSA) is 39.7 Å². The van der Waals surface area contributed by atoms with Gasteiger partial charge in [0.05, 0.1) is 19.3 Å². The van der Waals surface area contributed by atoms with E-state index in [9.17, 15) is 0 Å². The van der Waals surface area contributed by atoms with Gasteiger partial charge in [0.15, 0.2) is 0 Å². The molecule has 20 heavy (non-hydrogen) atoms. The van der Waals surface area contributed by atoms with Gasteiger partial charge in [0.1, 0.15) is 12.4 Å². The molecule has 1 N–H and O–H groups in total. The minimum Gasteiger partial charge on any atom is -0.491 e. The summed E-state index contributed by atoms with van der Waals surface area (Å²) in [7, 11) is 1.94. The van der Waals surface area contributed by atoms with Crippen LogP contribution in [0, 0.1) is 0 Å². The summed E-state index contributed by atoms with van der Waals surface area (Å²) in [5.41, 5.74) is 1.26. The molecule has 0 aromatic heterocycles. The Hall–Kier alpha value is -1.10. The van der Waals surface area contributed by atoms with Crippen LogP contribution in [-0.2, 0) is 16.0 Å². The van der Waals surface area contributed by atoms with Crippen molar-refractivity contribution in [1.82, 2.24) is 5.32 Å². The molecule has 0 aliphatic carbocycles. The molecule has 0 saturated carbocycles. The van der Waals surface area contributed by atoms with Gasteiger partial charge in [-0.1, -0.05) is 12.1 Å². The quantitative estimate of drug-likeness (QED) is 0.742. The second-order valence-electron chi connectivity index (χ2n) is 5.09. The van der Waals surface area contributed by atoms with E-state index in [4.69, 9.17) is 14.2 Å². The van der Waals surface area contributed by atoms with Crippen LogP contribution in [-0.4, -0.2) is 39.6 Å². The summed E-state index contributed by atoms with van der Waals surface area (Å²) in [5, 5.41) is 3.12. The highest BCUT2D eigenvalue weighted by molar-refractivity contribution is 5.27. The molecule has 1 aliphatic heterocycles. The van der Waals surface area contributed by atoms with Gasteiger partial charge in [-0.15, -0.1) is 0 Å². The summed E-state index contributed by atoms with van der Waals surface area (Å²) in [6.45, 7) is 3.63. The van der Waals surface area contributed by atoms with Gasteiger partial charge in [0.25, 0.3) is 0 Å². The zero-order valence-corrected chi connectivity index (χ0v) is 12.3. The van der Waals surface area contributed by atoms with Gasteiger partial charge in [-0.25, -0.2) is 0 Å². The first-order valence-electron chi connectivity index (χ1n) is 7.44. The second-order valence-corrected chi connectivity index (χ2v) is 5.09. The Bertz CT molecular complexity index is 360. The van der Waals surface area contributed by atoms with Gasteiger partial charge in [0, 0.05) is 13.2 Å². The average molecular weight is 279 g/mol. The summed E-state index contributed by atoms with van der Waals surface area (Å²) < 4.78 is 16.8. The Balaban J connectivity index is 1.56. The average Bonchev–Trinajstić information content (AvgIpc) is 2.50. The van der Waals surface area contributed by atoms with Crippen molar-refractivity contribution in [3.8, 4) is 5.75 Å². The number of rotatable bonds is 8. The predicted molar refractivity (Wildman–Crippen MR) is 79.1 cm³/mol. The Kier molecular flexibility index (Phi) is 6.84. The normalized spacial score (nSPS) is 18.9. The number of benzene rings is 1. The summed E-state index contributed by atoms with van der Waals surface area (Å²) >= 11 is 0. The van der Waals surface area contributed by atoms with Crippen molar-refractivity contribution in [2.45, 2.75) is 31.9 Å². The SMILES string of the molecule is CNCc1ccc(OCCOCC2CCCCO2)cc1. The lowest BCUT2D eigenvalue weighted by atomic mass is 10.1. The number of ether oxygens (including phenoxy) is 3. The third-order valence-corrected chi connectivity index (χ3v) is 3.38. The molecule has 1 aromatic carbocycles. The first kappa shape index (κ1) is 15.3. The van der Waals surface area contributed by atoms with E-state index < -0.39 is 0 Å². The molecule has 1 fully saturated rings. The van der Waals surface area contributed by atoms with Gasteiger partial charge in [-0.2, -0.15) is 0 Å². The highest BCUT2D eigenvalue weighted by Gasteiger charge is 2.13. The number of hydrogen-bond acceptors (Lipinski definition) is 4. The summed E-state index contributed by atoms with van der Waals surface area (Å²) in [5.74, 6) is 0.891. The third-order valence-electron chi connectivity index (χ3n) is 3.38. The van der Waals surface area contributed by atoms with Crippen LogP contribution in [0.25, 0.3) is 0 Å². The van der Waals surface area contributed by atoms with Gasteiger partial charge in [-0.3, -0.25) is 0 Å². The van der Waals surface area contributed by atoms with Crippen molar-refractivity contribution in [2.24, 2.45) is 0 Å². The predicted octanol–water partition coefficient (Wildman–Crippen LogP) is 2.37. The Morgan fingerprint density at radius 1 is 1.20 bits per heavy atom. The van der Waals surface area contributed by atoms with Crippen LogP contribution in [0.5, 0.6) is 5.75 Å². The van der Waals surface area contributed by atoms with Crippen LogP contribution in [0.15, 0.2) is 24.3 Å². The lowest BCUT2D eigenvalue weighted by Crippen LogP contribution is -2.25. The summed E-state index contributed by atoms with van der Waals surface area (Å²) in [6, 6.07) is 8.14. The van der Waals surface area contributed by atoms with Crippen LogP contribution in [0.3, 0.4) is 0 Å². The highest BCUT2D eigenvalue weighted by Crippen LogP contribution is 2.13.